The largest absolute Gasteiger partial charge is 0.394 e. The SMILES string of the molecule is CC(C)C[C@H](NC(=O)[C@H](CCCN=C(N)N)NC(=O)[C@H](CC(C)C)NC(=O)[C@H](CO)NC(=O)c1ccc(CN)cc1)C(N)=O. The van der Waals surface area contributed by atoms with Gasteiger partial charge in [-0.3, -0.25) is 29.0 Å². The zero-order chi connectivity index (χ0) is 33.4. The Morgan fingerprint density at radius 2 is 1.25 bits per heavy atom. The van der Waals surface area contributed by atoms with Crippen molar-refractivity contribution in [1.29, 1.82) is 0 Å². The standard InChI is InChI=1S/C29H49N9O6/c1-16(2)12-21(24(31)40)36-26(42)20(6-5-11-34-29(32)33)35-27(43)22(13-17(3)4)37-28(44)23(15-39)38-25(41)19-9-7-18(14-30)8-10-19/h7-10,16-17,20-23,39H,5-6,11-15,30H2,1-4H3,(H2,31,40)(H,35,43)(H,36,42)(H,37,44)(H,38,41)(H4,32,33,34)/t20-,21-,22-,23-/m0/s1. The predicted molar refractivity (Wildman–Crippen MR) is 166 cm³/mol. The van der Waals surface area contributed by atoms with E-state index in [2.05, 4.69) is 26.3 Å². The van der Waals surface area contributed by atoms with E-state index in [-0.39, 0.29) is 42.7 Å². The fourth-order valence-electron chi connectivity index (χ4n) is 4.24. The summed E-state index contributed by atoms with van der Waals surface area (Å²) in [5, 5.41) is 20.2. The Bertz CT molecular complexity index is 1140. The molecule has 13 N–H and O–H groups in total. The Labute approximate surface area is 258 Å². The number of hydrogen-bond donors (Lipinski definition) is 9. The molecule has 5 amide bonds. The molecular formula is C29H49N9O6. The first-order chi connectivity index (χ1) is 20.7. The fraction of sp³-hybridized carbons (Fsp3) is 0.586. The number of primary amides is 1. The van der Waals surface area contributed by atoms with Crippen LogP contribution in [0.4, 0.5) is 0 Å². The molecule has 0 spiro atoms. The minimum Gasteiger partial charge on any atom is -0.394 e. The molecule has 4 atom stereocenters. The molecule has 0 radical (unpaired) electrons. The molecule has 15 nitrogen and oxygen atoms in total. The highest BCUT2D eigenvalue weighted by Gasteiger charge is 2.31. The number of carbonyl (C=O) groups excluding carboxylic acids is 5. The molecule has 15 heteroatoms. The van der Waals surface area contributed by atoms with Gasteiger partial charge in [-0.1, -0.05) is 39.8 Å². The number of benzene rings is 1. The minimum absolute atomic E-state index is 0.0543. The number of nitrogens with two attached hydrogens (primary N) is 4. The highest BCUT2D eigenvalue weighted by Crippen LogP contribution is 2.10. The van der Waals surface area contributed by atoms with Gasteiger partial charge in [0.25, 0.3) is 5.91 Å². The van der Waals surface area contributed by atoms with Crippen LogP contribution in [-0.4, -0.2) is 77.9 Å². The summed E-state index contributed by atoms with van der Waals surface area (Å²) in [6, 6.07) is 1.89. The van der Waals surface area contributed by atoms with Gasteiger partial charge in [0.2, 0.25) is 23.6 Å². The summed E-state index contributed by atoms with van der Waals surface area (Å²) in [6.45, 7) is 7.17. The average Bonchev–Trinajstić information content (AvgIpc) is 2.95. The second-order valence-corrected chi connectivity index (χ2v) is 11.4. The lowest BCUT2D eigenvalue weighted by Crippen LogP contribution is -2.58. The van der Waals surface area contributed by atoms with E-state index in [0.29, 0.717) is 19.4 Å². The van der Waals surface area contributed by atoms with E-state index >= 15 is 0 Å². The van der Waals surface area contributed by atoms with Crippen LogP contribution in [0.15, 0.2) is 29.3 Å². The number of hydrogen-bond acceptors (Lipinski definition) is 8. The summed E-state index contributed by atoms with van der Waals surface area (Å²) in [5.41, 5.74) is 22.9. The second-order valence-electron chi connectivity index (χ2n) is 11.4. The highest BCUT2D eigenvalue weighted by molar-refractivity contribution is 5.99. The van der Waals surface area contributed by atoms with Crippen LogP contribution in [0.5, 0.6) is 0 Å². The number of aliphatic hydroxyl groups excluding tert-OH is 1. The normalized spacial score (nSPS) is 13.7. The van der Waals surface area contributed by atoms with Crippen LogP contribution in [0, 0.1) is 11.8 Å². The molecule has 0 saturated carbocycles. The van der Waals surface area contributed by atoms with Gasteiger partial charge in [-0.2, -0.15) is 0 Å². The molecule has 0 aliphatic heterocycles. The summed E-state index contributed by atoms with van der Waals surface area (Å²) >= 11 is 0. The molecule has 1 rings (SSSR count). The minimum atomic E-state index is -1.36. The first-order valence-corrected chi connectivity index (χ1v) is 14.6. The zero-order valence-electron chi connectivity index (χ0n) is 26.0. The van der Waals surface area contributed by atoms with Gasteiger partial charge in [0, 0.05) is 18.7 Å². The lowest BCUT2D eigenvalue weighted by molar-refractivity contribution is -0.134. The molecule has 0 heterocycles. The number of guanidine groups is 1. The monoisotopic (exact) mass is 619 g/mol. The van der Waals surface area contributed by atoms with E-state index in [0.717, 1.165) is 5.56 Å². The number of aliphatic imine (C=N–C) groups is 1. The molecule has 1 aromatic rings. The maximum absolute atomic E-state index is 13.5. The maximum atomic E-state index is 13.5. The quantitative estimate of drug-likeness (QED) is 0.0485. The number of rotatable bonds is 19. The van der Waals surface area contributed by atoms with Crippen LogP contribution >= 0.6 is 0 Å². The second kappa shape index (κ2) is 19.1. The molecule has 0 aliphatic rings. The van der Waals surface area contributed by atoms with Crippen molar-refractivity contribution in [2.24, 2.45) is 39.8 Å². The van der Waals surface area contributed by atoms with Gasteiger partial charge in [-0.15, -0.1) is 0 Å². The van der Waals surface area contributed by atoms with Crippen molar-refractivity contribution in [3.8, 4) is 0 Å². The molecule has 44 heavy (non-hydrogen) atoms. The van der Waals surface area contributed by atoms with Gasteiger partial charge in [-0.05, 0) is 55.2 Å². The number of aliphatic hydroxyl groups is 1. The summed E-state index contributed by atoms with van der Waals surface area (Å²) < 4.78 is 0. The van der Waals surface area contributed by atoms with Gasteiger partial charge < -0.3 is 49.3 Å². The molecule has 0 aliphatic carbocycles. The lowest BCUT2D eigenvalue weighted by Gasteiger charge is -2.27. The van der Waals surface area contributed by atoms with Crippen LogP contribution < -0.4 is 44.2 Å². The van der Waals surface area contributed by atoms with Crippen LogP contribution in [0.25, 0.3) is 0 Å². The Morgan fingerprint density at radius 3 is 1.75 bits per heavy atom. The van der Waals surface area contributed by atoms with E-state index in [9.17, 15) is 29.1 Å². The molecule has 0 fully saturated rings. The van der Waals surface area contributed by atoms with Gasteiger partial charge in [0.15, 0.2) is 5.96 Å². The van der Waals surface area contributed by atoms with Crippen molar-refractivity contribution in [2.75, 3.05) is 13.2 Å². The smallest absolute Gasteiger partial charge is 0.251 e. The first-order valence-electron chi connectivity index (χ1n) is 14.6. The van der Waals surface area contributed by atoms with E-state index in [4.69, 9.17) is 22.9 Å². The Morgan fingerprint density at radius 1 is 0.750 bits per heavy atom. The Kier molecular flexibility index (Phi) is 16.4. The van der Waals surface area contributed by atoms with Gasteiger partial charge >= 0.3 is 0 Å². The van der Waals surface area contributed by atoms with Gasteiger partial charge in [-0.25, -0.2) is 0 Å². The van der Waals surface area contributed by atoms with E-state index < -0.39 is 60.3 Å². The summed E-state index contributed by atoms with van der Waals surface area (Å²) in [7, 11) is 0. The van der Waals surface area contributed by atoms with Crippen molar-refractivity contribution < 1.29 is 29.1 Å². The number of amides is 5. The molecule has 0 bridgehead atoms. The van der Waals surface area contributed by atoms with Crippen LogP contribution in [0.3, 0.4) is 0 Å². The van der Waals surface area contributed by atoms with Crippen LogP contribution in [0.1, 0.15) is 69.3 Å². The number of carbonyl (C=O) groups is 5. The predicted octanol–water partition coefficient (Wildman–Crippen LogP) is -1.68. The first kappa shape index (κ1) is 37.8. The summed E-state index contributed by atoms with van der Waals surface area (Å²) in [6.07, 6.45) is 0.910. The lowest BCUT2D eigenvalue weighted by atomic mass is 10.0. The van der Waals surface area contributed by atoms with E-state index in [1.807, 2.05) is 27.7 Å². The summed E-state index contributed by atoms with van der Waals surface area (Å²) in [4.78, 5) is 68.3. The van der Waals surface area contributed by atoms with Crippen molar-refractivity contribution in [2.45, 2.75) is 84.1 Å². The number of nitrogens with one attached hydrogen (secondary N) is 4. The molecule has 246 valence electrons. The maximum Gasteiger partial charge on any atom is 0.251 e. The Balaban J connectivity index is 3.10. The van der Waals surface area contributed by atoms with Crippen LogP contribution in [-0.2, 0) is 25.7 Å². The third-order valence-electron chi connectivity index (χ3n) is 6.54. The van der Waals surface area contributed by atoms with Crippen molar-refractivity contribution in [1.82, 2.24) is 21.3 Å². The average molecular weight is 620 g/mol. The van der Waals surface area contributed by atoms with Crippen molar-refractivity contribution in [3.63, 3.8) is 0 Å². The number of nitrogens with zero attached hydrogens (tertiary/aromatic N) is 1. The van der Waals surface area contributed by atoms with Crippen LogP contribution in [0.2, 0.25) is 0 Å². The molecular weight excluding hydrogens is 570 g/mol. The third-order valence-corrected chi connectivity index (χ3v) is 6.54. The highest BCUT2D eigenvalue weighted by atomic mass is 16.3. The Hall–Kier alpha value is -4.24. The zero-order valence-corrected chi connectivity index (χ0v) is 26.0. The summed E-state index contributed by atoms with van der Waals surface area (Å²) in [5.74, 6) is -3.55. The topological polar surface area (TPSA) is 270 Å². The van der Waals surface area contributed by atoms with E-state index in [1.54, 1.807) is 24.3 Å². The molecule has 1 aromatic carbocycles. The third kappa shape index (κ3) is 13.8. The fourth-order valence-corrected chi connectivity index (χ4v) is 4.24. The molecule has 0 aromatic heterocycles. The van der Waals surface area contributed by atoms with Crippen molar-refractivity contribution >= 4 is 35.5 Å². The van der Waals surface area contributed by atoms with Gasteiger partial charge in [0.05, 0.1) is 6.61 Å². The van der Waals surface area contributed by atoms with Gasteiger partial charge in [0.1, 0.15) is 24.2 Å². The van der Waals surface area contributed by atoms with Crippen molar-refractivity contribution in [3.05, 3.63) is 35.4 Å². The van der Waals surface area contributed by atoms with E-state index in [1.165, 1.54) is 0 Å². The molecule has 0 saturated heterocycles. The molecule has 0 unspecified atom stereocenters.